The van der Waals surface area contributed by atoms with E-state index in [1.807, 2.05) is 0 Å². The summed E-state index contributed by atoms with van der Waals surface area (Å²) >= 11 is 0. The van der Waals surface area contributed by atoms with Crippen molar-refractivity contribution >= 4 is 5.96 Å². The second-order valence-electron chi connectivity index (χ2n) is 5.93. The Morgan fingerprint density at radius 3 is 2.75 bits per heavy atom. The van der Waals surface area contributed by atoms with E-state index in [2.05, 4.69) is 54.6 Å². The number of rotatable bonds is 5. The van der Waals surface area contributed by atoms with Gasteiger partial charge in [-0.3, -0.25) is 0 Å². The first kappa shape index (κ1) is 14.9. The lowest BCUT2D eigenvalue weighted by Crippen LogP contribution is -2.39. The Balaban J connectivity index is 1.97. The van der Waals surface area contributed by atoms with Gasteiger partial charge in [0.1, 0.15) is 0 Å². The van der Waals surface area contributed by atoms with E-state index in [9.17, 15) is 0 Å². The van der Waals surface area contributed by atoms with Gasteiger partial charge in [0.05, 0.1) is 6.54 Å². The summed E-state index contributed by atoms with van der Waals surface area (Å²) in [6.45, 7) is 9.11. The van der Waals surface area contributed by atoms with Crippen molar-refractivity contribution < 1.29 is 0 Å². The van der Waals surface area contributed by atoms with Crippen LogP contribution >= 0.6 is 0 Å². The Hall–Kier alpha value is -1.51. The molecule has 3 nitrogen and oxygen atoms in total. The molecule has 2 N–H and O–H groups in total. The van der Waals surface area contributed by atoms with Crippen LogP contribution in [0.5, 0.6) is 0 Å². The van der Waals surface area contributed by atoms with Crippen molar-refractivity contribution in [1.82, 2.24) is 10.6 Å². The number of nitrogens with zero attached hydrogens (tertiary/aromatic N) is 1. The lowest BCUT2D eigenvalue weighted by Gasteiger charge is -2.13. The number of hydrogen-bond acceptors (Lipinski definition) is 1. The predicted molar refractivity (Wildman–Crippen MR) is 86.1 cm³/mol. The van der Waals surface area contributed by atoms with Crippen LogP contribution in [0.1, 0.15) is 43.9 Å². The summed E-state index contributed by atoms with van der Waals surface area (Å²) in [5.74, 6) is 1.54. The monoisotopic (exact) mass is 273 g/mol. The molecule has 0 saturated carbocycles. The average molecular weight is 273 g/mol. The van der Waals surface area contributed by atoms with Gasteiger partial charge in [0.25, 0.3) is 0 Å². The van der Waals surface area contributed by atoms with E-state index in [4.69, 9.17) is 0 Å². The fourth-order valence-electron chi connectivity index (χ4n) is 2.54. The van der Waals surface area contributed by atoms with Gasteiger partial charge in [0, 0.05) is 13.1 Å². The van der Waals surface area contributed by atoms with Gasteiger partial charge < -0.3 is 10.6 Å². The highest BCUT2D eigenvalue weighted by Gasteiger charge is 2.10. The van der Waals surface area contributed by atoms with Crippen molar-refractivity contribution in [2.45, 2.75) is 46.6 Å². The van der Waals surface area contributed by atoms with Gasteiger partial charge >= 0.3 is 0 Å². The zero-order valence-corrected chi connectivity index (χ0v) is 13.0. The second kappa shape index (κ2) is 7.32. The lowest BCUT2D eigenvalue weighted by molar-refractivity contribution is 0.615. The van der Waals surface area contributed by atoms with Crippen molar-refractivity contribution in [3.63, 3.8) is 0 Å². The molecule has 0 heterocycles. The van der Waals surface area contributed by atoms with E-state index in [0.29, 0.717) is 5.92 Å². The summed E-state index contributed by atoms with van der Waals surface area (Å²) in [7, 11) is 0. The molecule has 0 aromatic heterocycles. The maximum atomic E-state index is 4.68. The van der Waals surface area contributed by atoms with Crippen LogP contribution in [0.2, 0.25) is 0 Å². The van der Waals surface area contributed by atoms with Crippen LogP contribution in [0.3, 0.4) is 0 Å². The van der Waals surface area contributed by atoms with Gasteiger partial charge in [0.2, 0.25) is 0 Å². The Morgan fingerprint density at radius 1 is 1.20 bits per heavy atom. The highest BCUT2D eigenvalue weighted by molar-refractivity contribution is 5.79. The first-order chi connectivity index (χ1) is 9.69. The molecule has 1 aliphatic rings. The van der Waals surface area contributed by atoms with E-state index in [-0.39, 0.29) is 0 Å². The smallest absolute Gasteiger partial charge is 0.191 e. The Labute approximate surface area is 122 Å². The van der Waals surface area contributed by atoms with E-state index in [1.54, 1.807) is 0 Å². The maximum Gasteiger partial charge on any atom is 0.191 e. The minimum atomic E-state index is 0.624. The fraction of sp³-hybridized carbons (Fsp3) is 0.588. The van der Waals surface area contributed by atoms with Crippen LogP contribution in [0.4, 0.5) is 0 Å². The van der Waals surface area contributed by atoms with Gasteiger partial charge in [-0.1, -0.05) is 32.0 Å². The lowest BCUT2D eigenvalue weighted by atomic mass is 10.1. The molecule has 0 spiro atoms. The Bertz CT molecular complexity index is 463. The molecule has 0 amide bonds. The Kier molecular flexibility index (Phi) is 5.45. The summed E-state index contributed by atoms with van der Waals surface area (Å²) in [5.41, 5.74) is 4.37. The molecule has 20 heavy (non-hydrogen) atoms. The Morgan fingerprint density at radius 2 is 2.00 bits per heavy atom. The number of fused-ring (bicyclic) bond motifs is 1. The van der Waals surface area contributed by atoms with Crippen molar-refractivity contribution in [1.29, 1.82) is 0 Å². The number of nitrogens with one attached hydrogen (secondary N) is 2. The maximum absolute atomic E-state index is 4.68. The number of guanidine groups is 1. The van der Waals surface area contributed by atoms with E-state index < -0.39 is 0 Å². The third-order valence-electron chi connectivity index (χ3n) is 3.60. The van der Waals surface area contributed by atoms with Crippen LogP contribution in [0.15, 0.2) is 23.2 Å². The van der Waals surface area contributed by atoms with Gasteiger partial charge in [-0.15, -0.1) is 0 Å². The largest absolute Gasteiger partial charge is 0.357 e. The number of aliphatic imine (C=N–C) groups is 1. The third-order valence-corrected chi connectivity index (χ3v) is 3.60. The third kappa shape index (κ3) is 4.26. The standard InChI is InChI=1S/C17H27N3/c1-4-18-17(19-11-13(2)3)20-12-14-8-9-15-6-5-7-16(15)10-14/h8-10,13H,4-7,11-12H2,1-3H3,(H2,18,19,20). The zero-order chi connectivity index (χ0) is 14.4. The topological polar surface area (TPSA) is 36.4 Å². The molecular formula is C17H27N3. The predicted octanol–water partition coefficient (Wildman–Crippen LogP) is 2.89. The molecule has 1 aliphatic carbocycles. The fourth-order valence-corrected chi connectivity index (χ4v) is 2.54. The van der Waals surface area contributed by atoms with Gasteiger partial charge in [0.15, 0.2) is 5.96 Å². The molecule has 0 atom stereocenters. The van der Waals surface area contributed by atoms with Crippen molar-refractivity contribution in [3.05, 3.63) is 34.9 Å². The van der Waals surface area contributed by atoms with Crippen molar-refractivity contribution in [2.75, 3.05) is 13.1 Å². The quantitative estimate of drug-likeness (QED) is 0.639. The van der Waals surface area contributed by atoms with Gasteiger partial charge in [-0.2, -0.15) is 0 Å². The van der Waals surface area contributed by atoms with Crippen molar-refractivity contribution in [2.24, 2.45) is 10.9 Å². The molecule has 0 bridgehead atoms. The molecule has 3 heteroatoms. The van der Waals surface area contributed by atoms with Crippen LogP contribution in [-0.2, 0) is 19.4 Å². The van der Waals surface area contributed by atoms with Gasteiger partial charge in [-0.05, 0) is 48.8 Å². The molecule has 2 rings (SSSR count). The van der Waals surface area contributed by atoms with E-state index >= 15 is 0 Å². The molecule has 0 aliphatic heterocycles. The number of hydrogen-bond donors (Lipinski definition) is 2. The second-order valence-corrected chi connectivity index (χ2v) is 5.93. The summed E-state index contributed by atoms with van der Waals surface area (Å²) in [5, 5.41) is 6.68. The summed E-state index contributed by atoms with van der Waals surface area (Å²) < 4.78 is 0. The highest BCUT2D eigenvalue weighted by atomic mass is 15.2. The first-order valence-corrected chi connectivity index (χ1v) is 7.82. The summed E-state index contributed by atoms with van der Waals surface area (Å²) in [6.07, 6.45) is 3.79. The molecule has 0 saturated heterocycles. The molecule has 110 valence electrons. The minimum absolute atomic E-state index is 0.624. The molecule has 1 aromatic carbocycles. The zero-order valence-electron chi connectivity index (χ0n) is 13.0. The number of aryl methyl sites for hydroxylation is 2. The molecule has 0 radical (unpaired) electrons. The van der Waals surface area contributed by atoms with Crippen LogP contribution in [0.25, 0.3) is 0 Å². The van der Waals surface area contributed by atoms with Crippen molar-refractivity contribution in [3.8, 4) is 0 Å². The average Bonchev–Trinajstić information content (AvgIpc) is 2.89. The minimum Gasteiger partial charge on any atom is -0.357 e. The molecule has 0 unspecified atom stereocenters. The molecule has 0 fully saturated rings. The SMILES string of the molecule is CCNC(=NCc1ccc2c(c1)CCC2)NCC(C)C. The van der Waals surface area contributed by atoms with Crippen LogP contribution in [-0.4, -0.2) is 19.0 Å². The molecular weight excluding hydrogens is 246 g/mol. The van der Waals surface area contributed by atoms with E-state index in [0.717, 1.165) is 25.6 Å². The number of benzene rings is 1. The molecule has 1 aromatic rings. The van der Waals surface area contributed by atoms with E-state index in [1.165, 1.54) is 36.0 Å². The van der Waals surface area contributed by atoms with Crippen LogP contribution in [0, 0.1) is 5.92 Å². The summed E-state index contributed by atoms with van der Waals surface area (Å²) in [4.78, 5) is 4.68. The highest BCUT2D eigenvalue weighted by Crippen LogP contribution is 2.23. The summed E-state index contributed by atoms with van der Waals surface area (Å²) in [6, 6.07) is 6.83. The van der Waals surface area contributed by atoms with Gasteiger partial charge in [-0.25, -0.2) is 4.99 Å². The normalized spacial score (nSPS) is 14.5. The first-order valence-electron chi connectivity index (χ1n) is 7.82. The van der Waals surface area contributed by atoms with Crippen LogP contribution < -0.4 is 10.6 Å².